The number of H-pyrrole nitrogens is 1. The second kappa shape index (κ2) is 7.70. The van der Waals surface area contributed by atoms with Gasteiger partial charge in [-0.25, -0.2) is 9.97 Å². The number of amides is 1. The molecular weight excluding hydrogens is 380 g/mol. The molecule has 0 spiro atoms. The number of fused-ring (bicyclic) bond motifs is 1. The quantitative estimate of drug-likeness (QED) is 0.550. The number of rotatable bonds is 5. The van der Waals surface area contributed by atoms with Crippen LogP contribution in [0.25, 0.3) is 22.3 Å². The van der Waals surface area contributed by atoms with Crippen LogP contribution in [0, 0.1) is 6.92 Å². The van der Waals surface area contributed by atoms with Gasteiger partial charge in [0.2, 0.25) is 17.6 Å². The Morgan fingerprint density at radius 1 is 1.33 bits per heavy atom. The summed E-state index contributed by atoms with van der Waals surface area (Å²) in [5, 5.41) is 5.19. The summed E-state index contributed by atoms with van der Waals surface area (Å²) < 4.78 is 5.11. The number of hydrogen-bond donors (Lipinski definition) is 1. The molecule has 1 aromatic carbocycles. The van der Waals surface area contributed by atoms with Crippen LogP contribution in [0.3, 0.4) is 0 Å². The van der Waals surface area contributed by atoms with Gasteiger partial charge < -0.3 is 14.4 Å². The molecule has 4 heterocycles. The highest BCUT2D eigenvalue weighted by molar-refractivity contribution is 5.84. The van der Waals surface area contributed by atoms with Crippen molar-refractivity contribution in [1.82, 2.24) is 30.0 Å². The fourth-order valence-corrected chi connectivity index (χ4v) is 4.19. The average Bonchev–Trinajstić information content (AvgIpc) is 3.52. The maximum atomic E-state index is 12.9. The third-order valence-corrected chi connectivity index (χ3v) is 5.72. The number of aryl methyl sites for hydroxylation is 2. The summed E-state index contributed by atoms with van der Waals surface area (Å²) in [5.74, 6) is 1.31. The Bertz CT molecular complexity index is 1200. The topological polar surface area (TPSA) is 101 Å². The van der Waals surface area contributed by atoms with Gasteiger partial charge in [0.15, 0.2) is 0 Å². The number of likely N-dealkylation sites (tertiary alicyclic amines) is 1. The number of carbonyl (C=O) groups is 1. The largest absolute Gasteiger partial charge is 0.361 e. The van der Waals surface area contributed by atoms with Gasteiger partial charge in [0.25, 0.3) is 0 Å². The van der Waals surface area contributed by atoms with Gasteiger partial charge >= 0.3 is 0 Å². The van der Waals surface area contributed by atoms with Crippen molar-refractivity contribution in [3.8, 4) is 11.4 Å². The van der Waals surface area contributed by atoms with Gasteiger partial charge in [0, 0.05) is 55.6 Å². The summed E-state index contributed by atoms with van der Waals surface area (Å²) >= 11 is 0. The van der Waals surface area contributed by atoms with E-state index in [1.165, 1.54) is 17.3 Å². The van der Waals surface area contributed by atoms with E-state index < -0.39 is 0 Å². The lowest BCUT2D eigenvalue weighted by Gasteiger charge is -2.17. The lowest BCUT2D eigenvalue weighted by atomic mass is 10.00. The number of benzene rings is 1. The molecule has 1 N–H and O–H groups in total. The second-order valence-corrected chi connectivity index (χ2v) is 7.64. The summed E-state index contributed by atoms with van der Waals surface area (Å²) in [6, 6.07) is 8.18. The van der Waals surface area contributed by atoms with Gasteiger partial charge in [-0.3, -0.25) is 4.79 Å². The summed E-state index contributed by atoms with van der Waals surface area (Å²) in [7, 11) is 0. The maximum Gasteiger partial charge on any atom is 0.223 e. The molecule has 1 saturated heterocycles. The van der Waals surface area contributed by atoms with Gasteiger partial charge in [0.1, 0.15) is 6.33 Å². The molecule has 1 aliphatic heterocycles. The highest BCUT2D eigenvalue weighted by atomic mass is 16.5. The predicted molar refractivity (Wildman–Crippen MR) is 111 cm³/mol. The van der Waals surface area contributed by atoms with Crippen LogP contribution in [0.15, 0.2) is 47.5 Å². The van der Waals surface area contributed by atoms with E-state index in [-0.39, 0.29) is 11.8 Å². The van der Waals surface area contributed by atoms with E-state index in [4.69, 9.17) is 4.52 Å². The Morgan fingerprint density at radius 3 is 3.10 bits per heavy atom. The first-order valence-electron chi connectivity index (χ1n) is 10.1. The summed E-state index contributed by atoms with van der Waals surface area (Å²) in [4.78, 5) is 31.0. The van der Waals surface area contributed by atoms with Crippen LogP contribution in [0.1, 0.15) is 35.9 Å². The zero-order chi connectivity index (χ0) is 20.5. The van der Waals surface area contributed by atoms with E-state index >= 15 is 0 Å². The van der Waals surface area contributed by atoms with E-state index in [1.54, 1.807) is 13.1 Å². The Hall–Kier alpha value is -3.55. The van der Waals surface area contributed by atoms with E-state index in [0.29, 0.717) is 24.7 Å². The third kappa shape index (κ3) is 3.45. The van der Waals surface area contributed by atoms with Crippen molar-refractivity contribution in [3.63, 3.8) is 0 Å². The molecule has 1 amide bonds. The molecule has 5 rings (SSSR count). The summed E-state index contributed by atoms with van der Waals surface area (Å²) in [6.45, 7) is 3.13. The molecule has 30 heavy (non-hydrogen) atoms. The highest BCUT2D eigenvalue weighted by Gasteiger charge is 2.30. The minimum absolute atomic E-state index is 0.138. The molecule has 0 unspecified atom stereocenters. The summed E-state index contributed by atoms with van der Waals surface area (Å²) in [5.41, 5.74) is 3.93. The SMILES string of the molecule is Cc1nc(-c2cncnc2[C@H]2CCN(C(=O)CCc3c[nH]c4ccccc34)C2)no1. The van der Waals surface area contributed by atoms with Crippen molar-refractivity contribution in [2.75, 3.05) is 13.1 Å². The van der Waals surface area contributed by atoms with Crippen LogP contribution in [0.2, 0.25) is 0 Å². The molecule has 152 valence electrons. The van der Waals surface area contributed by atoms with Crippen LogP contribution >= 0.6 is 0 Å². The van der Waals surface area contributed by atoms with Crippen LogP contribution in [0.5, 0.6) is 0 Å². The lowest BCUT2D eigenvalue weighted by Crippen LogP contribution is -2.28. The fourth-order valence-electron chi connectivity index (χ4n) is 4.19. The number of hydrogen-bond acceptors (Lipinski definition) is 6. The molecule has 0 radical (unpaired) electrons. The van der Waals surface area contributed by atoms with Gasteiger partial charge in [0.05, 0.1) is 11.3 Å². The zero-order valence-corrected chi connectivity index (χ0v) is 16.7. The molecule has 8 nitrogen and oxygen atoms in total. The average molecular weight is 402 g/mol. The maximum absolute atomic E-state index is 12.9. The number of carbonyl (C=O) groups excluding carboxylic acids is 1. The predicted octanol–water partition coefficient (Wildman–Crippen LogP) is 3.27. The smallest absolute Gasteiger partial charge is 0.223 e. The van der Waals surface area contributed by atoms with Gasteiger partial charge in [-0.05, 0) is 24.5 Å². The van der Waals surface area contributed by atoms with Crippen LogP contribution in [0.4, 0.5) is 0 Å². The minimum Gasteiger partial charge on any atom is -0.361 e. The van der Waals surface area contributed by atoms with E-state index in [9.17, 15) is 4.79 Å². The molecule has 3 aromatic heterocycles. The van der Waals surface area contributed by atoms with Crippen molar-refractivity contribution in [3.05, 3.63) is 60.1 Å². The highest BCUT2D eigenvalue weighted by Crippen LogP contribution is 2.32. The van der Waals surface area contributed by atoms with Gasteiger partial charge in [-0.15, -0.1) is 0 Å². The van der Waals surface area contributed by atoms with Crippen molar-refractivity contribution >= 4 is 16.8 Å². The van der Waals surface area contributed by atoms with Crippen molar-refractivity contribution in [1.29, 1.82) is 0 Å². The van der Waals surface area contributed by atoms with Gasteiger partial charge in [-0.2, -0.15) is 4.98 Å². The molecule has 4 aromatic rings. The molecule has 1 atom stereocenters. The lowest BCUT2D eigenvalue weighted by molar-refractivity contribution is -0.130. The number of aromatic amines is 1. The van der Waals surface area contributed by atoms with E-state index in [1.807, 2.05) is 23.2 Å². The Balaban J connectivity index is 1.27. The Labute approximate surface area is 173 Å². The fraction of sp³-hybridized carbons (Fsp3) is 0.318. The number of aromatic nitrogens is 5. The number of nitrogens with one attached hydrogen (secondary N) is 1. The van der Waals surface area contributed by atoms with Crippen LogP contribution in [-0.4, -0.2) is 49.0 Å². The first kappa shape index (κ1) is 18.5. The van der Waals surface area contributed by atoms with Gasteiger partial charge in [-0.1, -0.05) is 23.4 Å². The second-order valence-electron chi connectivity index (χ2n) is 7.64. The zero-order valence-electron chi connectivity index (χ0n) is 16.7. The molecule has 1 fully saturated rings. The van der Waals surface area contributed by atoms with Crippen LogP contribution < -0.4 is 0 Å². The van der Waals surface area contributed by atoms with E-state index in [2.05, 4.69) is 37.2 Å². The summed E-state index contributed by atoms with van der Waals surface area (Å²) in [6.07, 6.45) is 7.34. The molecule has 0 saturated carbocycles. The molecule has 0 bridgehead atoms. The molecular formula is C22H22N6O2. The molecule has 8 heteroatoms. The number of para-hydroxylation sites is 1. The van der Waals surface area contributed by atoms with Crippen molar-refractivity contribution in [2.45, 2.75) is 32.1 Å². The molecule has 1 aliphatic rings. The first-order valence-corrected chi connectivity index (χ1v) is 10.1. The normalized spacial score (nSPS) is 16.4. The minimum atomic E-state index is 0.138. The van der Waals surface area contributed by atoms with E-state index in [0.717, 1.165) is 36.2 Å². The van der Waals surface area contributed by atoms with Crippen LogP contribution in [-0.2, 0) is 11.2 Å². The number of nitrogens with zero attached hydrogens (tertiary/aromatic N) is 5. The standard InChI is InChI=1S/C22H22N6O2/c1-14-26-22(27-30-14)18-11-23-13-25-21(18)16-8-9-28(12-16)20(29)7-6-15-10-24-19-5-3-2-4-17(15)19/h2-5,10-11,13,16,24H,6-9,12H2,1H3/t16-/m0/s1. The Morgan fingerprint density at radius 2 is 2.23 bits per heavy atom. The van der Waals surface area contributed by atoms with Crippen molar-refractivity contribution < 1.29 is 9.32 Å². The van der Waals surface area contributed by atoms with Crippen molar-refractivity contribution in [2.24, 2.45) is 0 Å². The third-order valence-electron chi connectivity index (χ3n) is 5.72. The monoisotopic (exact) mass is 402 g/mol. The first-order chi connectivity index (χ1) is 14.7. The Kier molecular flexibility index (Phi) is 4.74. The molecule has 0 aliphatic carbocycles.